The second-order valence-electron chi connectivity index (χ2n) is 5.06. The SMILES string of the molecule is CC1CCCCN1C(=O)CCc1ccccc1O. The molecule has 1 N–H and O–H groups in total. The van der Waals surface area contributed by atoms with Gasteiger partial charge in [0.25, 0.3) is 0 Å². The van der Waals surface area contributed by atoms with Crippen molar-refractivity contribution in [1.29, 1.82) is 0 Å². The van der Waals surface area contributed by atoms with Gasteiger partial charge in [-0.3, -0.25) is 4.79 Å². The average Bonchev–Trinajstić information content (AvgIpc) is 2.38. The van der Waals surface area contributed by atoms with Gasteiger partial charge in [-0.15, -0.1) is 0 Å². The predicted octanol–water partition coefficient (Wildman–Crippen LogP) is 2.73. The maximum Gasteiger partial charge on any atom is 0.223 e. The first kappa shape index (κ1) is 12.9. The zero-order chi connectivity index (χ0) is 13.0. The molecule has 1 aromatic rings. The van der Waals surface area contributed by atoms with E-state index in [-0.39, 0.29) is 11.7 Å². The molecule has 1 unspecified atom stereocenters. The molecule has 1 amide bonds. The van der Waals surface area contributed by atoms with E-state index in [0.29, 0.717) is 18.9 Å². The molecule has 1 aromatic carbocycles. The number of likely N-dealkylation sites (tertiary alicyclic amines) is 1. The third-order valence-electron chi connectivity index (χ3n) is 3.72. The van der Waals surface area contributed by atoms with Crippen molar-refractivity contribution < 1.29 is 9.90 Å². The lowest BCUT2D eigenvalue weighted by Crippen LogP contribution is -2.42. The number of rotatable bonds is 3. The minimum Gasteiger partial charge on any atom is -0.508 e. The topological polar surface area (TPSA) is 40.5 Å². The van der Waals surface area contributed by atoms with Crippen LogP contribution in [0, 0.1) is 0 Å². The number of benzene rings is 1. The molecule has 18 heavy (non-hydrogen) atoms. The van der Waals surface area contributed by atoms with Crippen molar-refractivity contribution >= 4 is 5.91 Å². The third kappa shape index (κ3) is 3.03. The van der Waals surface area contributed by atoms with Gasteiger partial charge in [0.05, 0.1) is 0 Å². The fourth-order valence-corrected chi connectivity index (χ4v) is 2.58. The number of hydrogen-bond donors (Lipinski definition) is 1. The van der Waals surface area contributed by atoms with Gasteiger partial charge in [-0.25, -0.2) is 0 Å². The van der Waals surface area contributed by atoms with Crippen LogP contribution in [-0.4, -0.2) is 28.5 Å². The normalized spacial score (nSPS) is 19.8. The van der Waals surface area contributed by atoms with Crippen LogP contribution in [0.15, 0.2) is 24.3 Å². The maximum absolute atomic E-state index is 12.1. The molecule has 98 valence electrons. The number of para-hydroxylation sites is 1. The zero-order valence-corrected chi connectivity index (χ0v) is 10.9. The van der Waals surface area contributed by atoms with Gasteiger partial charge in [-0.2, -0.15) is 0 Å². The number of phenolic OH excluding ortho intramolecular Hbond substituents is 1. The number of aryl methyl sites for hydroxylation is 1. The van der Waals surface area contributed by atoms with Gasteiger partial charge >= 0.3 is 0 Å². The summed E-state index contributed by atoms with van der Waals surface area (Å²) >= 11 is 0. The Kier molecular flexibility index (Phi) is 4.24. The van der Waals surface area contributed by atoms with Gasteiger partial charge in [-0.05, 0) is 44.2 Å². The maximum atomic E-state index is 12.1. The lowest BCUT2D eigenvalue weighted by molar-refractivity contribution is -0.134. The van der Waals surface area contributed by atoms with Crippen LogP contribution in [0.25, 0.3) is 0 Å². The Bertz CT molecular complexity index is 417. The zero-order valence-electron chi connectivity index (χ0n) is 10.9. The first-order valence-electron chi connectivity index (χ1n) is 6.75. The van der Waals surface area contributed by atoms with Crippen molar-refractivity contribution in [3.8, 4) is 5.75 Å². The van der Waals surface area contributed by atoms with Gasteiger partial charge in [0.1, 0.15) is 5.75 Å². The highest BCUT2D eigenvalue weighted by Gasteiger charge is 2.22. The number of phenols is 1. The number of carbonyl (C=O) groups excluding carboxylic acids is 1. The smallest absolute Gasteiger partial charge is 0.223 e. The van der Waals surface area contributed by atoms with E-state index in [1.807, 2.05) is 17.0 Å². The van der Waals surface area contributed by atoms with Crippen molar-refractivity contribution in [1.82, 2.24) is 4.90 Å². The van der Waals surface area contributed by atoms with Crippen molar-refractivity contribution in [2.75, 3.05) is 6.54 Å². The molecule has 1 aliphatic rings. The monoisotopic (exact) mass is 247 g/mol. The molecule has 1 fully saturated rings. The fraction of sp³-hybridized carbons (Fsp3) is 0.533. The lowest BCUT2D eigenvalue weighted by atomic mass is 10.0. The average molecular weight is 247 g/mol. The largest absolute Gasteiger partial charge is 0.508 e. The molecule has 1 aliphatic heterocycles. The summed E-state index contributed by atoms with van der Waals surface area (Å²) in [6.07, 6.45) is 4.57. The standard InChI is InChI=1S/C15H21NO2/c1-12-6-4-5-11-16(12)15(18)10-9-13-7-2-3-8-14(13)17/h2-3,7-8,12,17H,4-6,9-11H2,1H3. The van der Waals surface area contributed by atoms with Crippen LogP contribution in [-0.2, 0) is 11.2 Å². The molecular weight excluding hydrogens is 226 g/mol. The number of amides is 1. The first-order chi connectivity index (χ1) is 8.68. The van der Waals surface area contributed by atoms with E-state index < -0.39 is 0 Å². The molecule has 1 heterocycles. The summed E-state index contributed by atoms with van der Waals surface area (Å²) in [6.45, 7) is 3.01. The lowest BCUT2D eigenvalue weighted by Gasteiger charge is -2.33. The number of hydrogen-bond acceptors (Lipinski definition) is 2. The minimum absolute atomic E-state index is 0.213. The highest BCUT2D eigenvalue weighted by Crippen LogP contribution is 2.20. The van der Waals surface area contributed by atoms with E-state index in [9.17, 15) is 9.90 Å². The molecule has 2 rings (SSSR count). The Morgan fingerprint density at radius 1 is 1.39 bits per heavy atom. The van der Waals surface area contributed by atoms with E-state index in [1.165, 1.54) is 6.42 Å². The van der Waals surface area contributed by atoms with Crippen LogP contribution in [0.3, 0.4) is 0 Å². The van der Waals surface area contributed by atoms with Gasteiger partial charge in [-0.1, -0.05) is 18.2 Å². The molecule has 3 heteroatoms. The molecular formula is C15H21NO2. The minimum atomic E-state index is 0.213. The Balaban J connectivity index is 1.90. The van der Waals surface area contributed by atoms with Gasteiger partial charge in [0, 0.05) is 19.0 Å². The van der Waals surface area contributed by atoms with E-state index in [1.54, 1.807) is 12.1 Å². The van der Waals surface area contributed by atoms with Crippen LogP contribution in [0.5, 0.6) is 5.75 Å². The summed E-state index contributed by atoms with van der Waals surface area (Å²) in [4.78, 5) is 14.1. The molecule has 1 saturated heterocycles. The van der Waals surface area contributed by atoms with E-state index in [4.69, 9.17) is 0 Å². The van der Waals surface area contributed by atoms with Gasteiger partial charge in [0.15, 0.2) is 0 Å². The van der Waals surface area contributed by atoms with Gasteiger partial charge < -0.3 is 10.0 Å². The van der Waals surface area contributed by atoms with Crippen LogP contribution in [0.4, 0.5) is 0 Å². The Labute approximate surface area is 108 Å². The van der Waals surface area contributed by atoms with Crippen LogP contribution in [0.1, 0.15) is 38.2 Å². The number of aromatic hydroxyl groups is 1. The van der Waals surface area contributed by atoms with Crippen LogP contribution >= 0.6 is 0 Å². The molecule has 0 saturated carbocycles. The molecule has 0 aliphatic carbocycles. The van der Waals surface area contributed by atoms with Crippen molar-refractivity contribution in [3.05, 3.63) is 29.8 Å². The van der Waals surface area contributed by atoms with Crippen molar-refractivity contribution in [2.24, 2.45) is 0 Å². The second-order valence-corrected chi connectivity index (χ2v) is 5.06. The predicted molar refractivity (Wildman–Crippen MR) is 71.5 cm³/mol. The molecule has 0 bridgehead atoms. The highest BCUT2D eigenvalue weighted by molar-refractivity contribution is 5.77. The summed E-state index contributed by atoms with van der Waals surface area (Å²) in [7, 11) is 0. The molecule has 0 aromatic heterocycles. The summed E-state index contributed by atoms with van der Waals surface area (Å²) in [5.74, 6) is 0.502. The van der Waals surface area contributed by atoms with E-state index in [2.05, 4.69) is 6.92 Å². The van der Waals surface area contributed by atoms with Crippen LogP contribution < -0.4 is 0 Å². The number of piperidine rings is 1. The number of carbonyl (C=O) groups is 1. The van der Waals surface area contributed by atoms with E-state index >= 15 is 0 Å². The Morgan fingerprint density at radius 3 is 2.89 bits per heavy atom. The number of nitrogens with zero attached hydrogens (tertiary/aromatic N) is 1. The Morgan fingerprint density at radius 2 is 2.17 bits per heavy atom. The summed E-state index contributed by atoms with van der Waals surface area (Å²) < 4.78 is 0. The molecule has 3 nitrogen and oxygen atoms in total. The van der Waals surface area contributed by atoms with E-state index in [0.717, 1.165) is 24.9 Å². The van der Waals surface area contributed by atoms with Crippen LogP contribution in [0.2, 0.25) is 0 Å². The Hall–Kier alpha value is -1.51. The molecule has 0 spiro atoms. The third-order valence-corrected chi connectivity index (χ3v) is 3.72. The fourth-order valence-electron chi connectivity index (χ4n) is 2.58. The molecule has 1 atom stereocenters. The summed E-state index contributed by atoms with van der Waals surface area (Å²) in [5.41, 5.74) is 0.857. The van der Waals surface area contributed by atoms with Crippen molar-refractivity contribution in [3.63, 3.8) is 0 Å². The summed E-state index contributed by atoms with van der Waals surface area (Å²) in [5, 5.41) is 9.66. The van der Waals surface area contributed by atoms with Gasteiger partial charge in [0.2, 0.25) is 5.91 Å². The van der Waals surface area contributed by atoms with Crippen molar-refractivity contribution in [2.45, 2.75) is 45.1 Å². The molecule has 0 radical (unpaired) electrons. The summed E-state index contributed by atoms with van der Waals surface area (Å²) in [6, 6.07) is 7.61. The first-order valence-corrected chi connectivity index (χ1v) is 6.75. The second kappa shape index (κ2) is 5.89. The highest BCUT2D eigenvalue weighted by atomic mass is 16.3. The quantitative estimate of drug-likeness (QED) is 0.892.